The number of hydrogen-bond acceptors (Lipinski definition) is 8. The highest BCUT2D eigenvalue weighted by molar-refractivity contribution is 6.03. The number of carboxylic acid groups (broad SMARTS) is 2. The number of benzene rings is 1. The van der Waals surface area contributed by atoms with Crippen molar-refractivity contribution in [1.82, 2.24) is 20.8 Å². The van der Waals surface area contributed by atoms with Crippen LogP contribution in [0.25, 0.3) is 0 Å². The predicted octanol–water partition coefficient (Wildman–Crippen LogP) is 7.44. The molecule has 1 aromatic rings. The smallest absolute Gasteiger partial charge is 0.426 e. The monoisotopic (exact) mass is 674 g/mol. The molecule has 2 amide bonds. The van der Waals surface area contributed by atoms with E-state index in [4.69, 9.17) is 9.68 Å². The third-order valence-electron chi connectivity index (χ3n) is 9.70. The van der Waals surface area contributed by atoms with Crippen LogP contribution in [0.4, 0.5) is 9.59 Å². The maximum absolute atomic E-state index is 13.0. The number of unbranched alkanes of at least 4 members (excludes halogenated alkanes) is 2. The summed E-state index contributed by atoms with van der Waals surface area (Å²) in [5.41, 5.74) is -1.87. The van der Waals surface area contributed by atoms with Crippen molar-refractivity contribution in [2.45, 2.75) is 155 Å². The average Bonchev–Trinajstić information content (AvgIpc) is 2.95. The summed E-state index contributed by atoms with van der Waals surface area (Å²) in [6.07, 6.45) is 4.39. The lowest BCUT2D eigenvalue weighted by atomic mass is 9.66. The molecule has 0 aromatic heterocycles. The lowest BCUT2D eigenvalue weighted by Gasteiger charge is -2.54. The maximum Gasteiger partial charge on any atom is 0.426 e. The molecule has 0 aliphatic carbocycles. The SMILES string of the molecule is CCCCNC(=O)ON1C(C)(C)CC(c2ccc(C(=O)O)c(C(=O)O)c2C2CC(C)(C)N(OC(=O)NCCCC)C(C)(C)C2)CC1(C)C. The number of hydroxylamine groups is 4. The number of nitrogens with zero attached hydrogens (tertiary/aromatic N) is 2. The van der Waals surface area contributed by atoms with Crippen molar-refractivity contribution in [3.8, 4) is 0 Å². The minimum absolute atomic E-state index is 0.168. The molecule has 0 bridgehead atoms. The van der Waals surface area contributed by atoms with Gasteiger partial charge in [-0.3, -0.25) is 0 Å². The van der Waals surface area contributed by atoms with Crippen LogP contribution < -0.4 is 10.6 Å². The Morgan fingerprint density at radius 3 is 1.44 bits per heavy atom. The van der Waals surface area contributed by atoms with E-state index in [1.54, 1.807) is 16.2 Å². The molecule has 2 aliphatic rings. The Balaban J connectivity index is 2.07. The number of nitrogens with one attached hydrogen (secondary N) is 2. The van der Waals surface area contributed by atoms with Gasteiger partial charge in [-0.15, -0.1) is 10.1 Å². The standard InChI is InChI=1S/C36H58N4O8/c1-11-13-17-37-31(45)47-39-33(3,4)19-23(20-34(39,5)6)25-15-16-26(29(41)42)28(30(43)44)27(25)24-21-35(7,8)40(36(9,10)22-24)48-32(46)38-18-14-12-2/h15-16,23-24H,11-14,17-22H2,1-10H3,(H,37,45)(H,38,46)(H,41,42)(H,43,44). The van der Waals surface area contributed by atoms with Crippen molar-refractivity contribution >= 4 is 24.1 Å². The summed E-state index contributed by atoms with van der Waals surface area (Å²) >= 11 is 0. The van der Waals surface area contributed by atoms with Gasteiger partial charge in [0.05, 0.1) is 33.3 Å². The summed E-state index contributed by atoms with van der Waals surface area (Å²) in [5, 5.41) is 29.8. The van der Waals surface area contributed by atoms with Gasteiger partial charge in [-0.2, -0.15) is 0 Å². The van der Waals surface area contributed by atoms with E-state index in [1.807, 2.05) is 69.2 Å². The minimum Gasteiger partial charge on any atom is -0.478 e. The summed E-state index contributed by atoms with van der Waals surface area (Å²) < 4.78 is 0. The second-order valence-electron chi connectivity index (χ2n) is 16.0. The Morgan fingerprint density at radius 1 is 0.688 bits per heavy atom. The predicted molar refractivity (Wildman–Crippen MR) is 183 cm³/mol. The zero-order chi connectivity index (χ0) is 36.2. The van der Waals surface area contributed by atoms with E-state index in [-0.39, 0.29) is 23.0 Å². The molecular formula is C36H58N4O8. The molecule has 1 aromatic carbocycles. The second kappa shape index (κ2) is 15.0. The van der Waals surface area contributed by atoms with Gasteiger partial charge in [0.25, 0.3) is 0 Å². The van der Waals surface area contributed by atoms with Crippen molar-refractivity contribution in [1.29, 1.82) is 0 Å². The van der Waals surface area contributed by atoms with Crippen LogP contribution in [0, 0.1) is 0 Å². The van der Waals surface area contributed by atoms with Crippen molar-refractivity contribution in [2.75, 3.05) is 13.1 Å². The fourth-order valence-electron chi connectivity index (χ4n) is 8.25. The number of carboxylic acids is 2. The first-order chi connectivity index (χ1) is 22.2. The van der Waals surface area contributed by atoms with E-state index in [0.717, 1.165) is 31.2 Å². The molecule has 12 heteroatoms. The first-order valence-electron chi connectivity index (χ1n) is 17.3. The Hall–Kier alpha value is -3.38. The van der Waals surface area contributed by atoms with Gasteiger partial charge in [0, 0.05) is 13.1 Å². The minimum atomic E-state index is -1.30. The van der Waals surface area contributed by atoms with Gasteiger partial charge in [0.1, 0.15) is 0 Å². The van der Waals surface area contributed by atoms with Crippen LogP contribution in [-0.2, 0) is 9.68 Å². The topological polar surface area (TPSA) is 158 Å². The van der Waals surface area contributed by atoms with Gasteiger partial charge >= 0.3 is 24.1 Å². The molecule has 4 N–H and O–H groups in total. The summed E-state index contributed by atoms with van der Waals surface area (Å²) in [4.78, 5) is 62.7. The molecule has 0 unspecified atom stereocenters. The molecule has 48 heavy (non-hydrogen) atoms. The highest BCUT2D eigenvalue weighted by Crippen LogP contribution is 2.52. The summed E-state index contributed by atoms with van der Waals surface area (Å²) in [5.74, 6) is -3.12. The van der Waals surface area contributed by atoms with Gasteiger partial charge in [0.15, 0.2) is 0 Å². The van der Waals surface area contributed by atoms with Crippen LogP contribution in [0.2, 0.25) is 0 Å². The van der Waals surface area contributed by atoms with Crippen LogP contribution in [0.1, 0.15) is 164 Å². The number of carbonyl (C=O) groups excluding carboxylic acids is 2. The molecule has 3 rings (SSSR count). The van der Waals surface area contributed by atoms with Gasteiger partial charge in [-0.1, -0.05) is 32.8 Å². The molecular weight excluding hydrogens is 616 g/mol. The van der Waals surface area contributed by atoms with Crippen LogP contribution in [0.15, 0.2) is 12.1 Å². The summed E-state index contributed by atoms with van der Waals surface area (Å²) in [7, 11) is 0. The quantitative estimate of drug-likeness (QED) is 0.164. The molecule has 2 aliphatic heterocycles. The second-order valence-corrected chi connectivity index (χ2v) is 16.0. The molecule has 2 heterocycles. The fraction of sp³-hybridized carbons (Fsp3) is 0.722. The third kappa shape index (κ3) is 8.80. The first-order valence-corrected chi connectivity index (χ1v) is 17.3. The van der Waals surface area contributed by atoms with Crippen molar-refractivity contribution in [2.24, 2.45) is 0 Å². The Bertz CT molecular complexity index is 1320. The molecule has 2 saturated heterocycles. The number of hydrogen-bond donors (Lipinski definition) is 4. The molecule has 0 spiro atoms. The Morgan fingerprint density at radius 2 is 1.08 bits per heavy atom. The molecule has 0 saturated carbocycles. The molecule has 0 atom stereocenters. The number of amides is 2. The van der Waals surface area contributed by atoms with E-state index in [0.29, 0.717) is 44.3 Å². The van der Waals surface area contributed by atoms with Gasteiger partial charge in [-0.05, 0) is 123 Å². The first kappa shape index (κ1) is 39.1. The maximum atomic E-state index is 13.0. The van der Waals surface area contributed by atoms with Gasteiger partial charge < -0.3 is 30.5 Å². The van der Waals surface area contributed by atoms with Crippen LogP contribution in [-0.4, -0.2) is 79.7 Å². The molecule has 2 fully saturated rings. The fourth-order valence-corrected chi connectivity index (χ4v) is 8.25. The number of rotatable bonds is 12. The summed E-state index contributed by atoms with van der Waals surface area (Å²) in [6.45, 7) is 20.9. The third-order valence-corrected chi connectivity index (χ3v) is 9.70. The zero-order valence-corrected chi connectivity index (χ0v) is 30.6. The average molecular weight is 675 g/mol. The van der Waals surface area contributed by atoms with Gasteiger partial charge in [0.2, 0.25) is 0 Å². The molecule has 0 radical (unpaired) electrons. The Kier molecular flexibility index (Phi) is 12.2. The van der Waals surface area contributed by atoms with Crippen LogP contribution in [0.5, 0.6) is 0 Å². The number of piperidine rings is 2. The van der Waals surface area contributed by atoms with Crippen molar-refractivity contribution in [3.05, 3.63) is 34.4 Å². The van der Waals surface area contributed by atoms with Crippen LogP contribution in [0.3, 0.4) is 0 Å². The lowest BCUT2D eigenvalue weighted by molar-refractivity contribution is -0.243. The van der Waals surface area contributed by atoms with E-state index in [2.05, 4.69) is 10.6 Å². The van der Waals surface area contributed by atoms with E-state index < -0.39 is 46.3 Å². The highest BCUT2D eigenvalue weighted by atomic mass is 16.7. The zero-order valence-electron chi connectivity index (χ0n) is 30.6. The lowest BCUT2D eigenvalue weighted by Crippen LogP contribution is -2.61. The van der Waals surface area contributed by atoms with E-state index in [9.17, 15) is 29.4 Å². The molecule has 270 valence electrons. The van der Waals surface area contributed by atoms with Crippen molar-refractivity contribution in [3.63, 3.8) is 0 Å². The van der Waals surface area contributed by atoms with Crippen molar-refractivity contribution < 1.29 is 39.1 Å². The van der Waals surface area contributed by atoms with E-state index in [1.165, 1.54) is 6.07 Å². The van der Waals surface area contributed by atoms with E-state index >= 15 is 0 Å². The molecule has 12 nitrogen and oxygen atoms in total. The highest BCUT2D eigenvalue weighted by Gasteiger charge is 2.52. The Labute approximate surface area is 285 Å². The summed E-state index contributed by atoms with van der Waals surface area (Å²) in [6, 6.07) is 3.18. The normalized spacial score (nSPS) is 20.9. The van der Waals surface area contributed by atoms with Gasteiger partial charge in [-0.25, -0.2) is 19.2 Å². The number of carbonyl (C=O) groups is 4. The number of aromatic carboxylic acids is 2. The largest absolute Gasteiger partial charge is 0.478 e. The van der Waals surface area contributed by atoms with Crippen LogP contribution >= 0.6 is 0 Å².